The third-order valence-electron chi connectivity index (χ3n) is 3.21. The molecule has 0 saturated heterocycles. The number of carboxylic acid groups (broad SMARTS) is 1. The fourth-order valence-corrected chi connectivity index (χ4v) is 2.37. The molecule has 5 heteroatoms. The van der Waals surface area contributed by atoms with E-state index in [1.807, 2.05) is 27.7 Å². The van der Waals surface area contributed by atoms with E-state index >= 15 is 0 Å². The van der Waals surface area contributed by atoms with Gasteiger partial charge in [0.2, 0.25) is 0 Å². The van der Waals surface area contributed by atoms with Crippen LogP contribution >= 0.6 is 0 Å². The normalized spacial score (nSPS) is 28.6. The van der Waals surface area contributed by atoms with Gasteiger partial charge in [-0.05, 0) is 46.0 Å². The molecule has 1 amide bonds. The zero-order valence-corrected chi connectivity index (χ0v) is 11.5. The topological polar surface area (TPSA) is 75.6 Å². The summed E-state index contributed by atoms with van der Waals surface area (Å²) in [5, 5.41) is 11.8. The van der Waals surface area contributed by atoms with Gasteiger partial charge >= 0.3 is 12.1 Å². The number of nitrogens with one attached hydrogen (secondary N) is 1. The predicted molar refractivity (Wildman–Crippen MR) is 67.3 cm³/mol. The highest BCUT2D eigenvalue weighted by atomic mass is 16.6. The van der Waals surface area contributed by atoms with Gasteiger partial charge in [-0.2, -0.15) is 0 Å². The van der Waals surface area contributed by atoms with Crippen molar-refractivity contribution in [1.29, 1.82) is 0 Å². The third kappa shape index (κ3) is 4.55. The average Bonchev–Trinajstić information content (AvgIpc) is 2.13. The summed E-state index contributed by atoms with van der Waals surface area (Å²) in [5.74, 6) is -0.948. The van der Waals surface area contributed by atoms with Gasteiger partial charge in [0.05, 0.1) is 5.92 Å². The number of alkyl carbamates (subject to hydrolysis) is 1. The zero-order valence-electron chi connectivity index (χ0n) is 11.5. The summed E-state index contributed by atoms with van der Waals surface area (Å²) in [4.78, 5) is 22.6. The van der Waals surface area contributed by atoms with Gasteiger partial charge in [-0.25, -0.2) is 4.79 Å². The highest BCUT2D eigenvalue weighted by Gasteiger charge is 2.33. The van der Waals surface area contributed by atoms with Gasteiger partial charge in [0.1, 0.15) is 5.60 Å². The summed E-state index contributed by atoms with van der Waals surface area (Å²) >= 11 is 0. The van der Waals surface area contributed by atoms with E-state index in [0.29, 0.717) is 19.3 Å². The first kappa shape index (κ1) is 14.8. The molecule has 0 heterocycles. The lowest BCUT2D eigenvalue weighted by atomic mass is 9.78. The van der Waals surface area contributed by atoms with Gasteiger partial charge in [-0.3, -0.25) is 4.79 Å². The summed E-state index contributed by atoms with van der Waals surface area (Å²) in [6.07, 6.45) is 1.57. The van der Waals surface area contributed by atoms with E-state index < -0.39 is 17.7 Å². The van der Waals surface area contributed by atoms with Crippen LogP contribution in [0.1, 0.15) is 47.0 Å². The van der Waals surface area contributed by atoms with E-state index in [0.717, 1.165) is 0 Å². The van der Waals surface area contributed by atoms with Crippen molar-refractivity contribution in [2.45, 2.75) is 58.6 Å². The molecule has 1 rings (SSSR count). The first-order valence-electron chi connectivity index (χ1n) is 6.41. The molecule has 1 fully saturated rings. The smallest absolute Gasteiger partial charge is 0.407 e. The largest absolute Gasteiger partial charge is 0.481 e. The van der Waals surface area contributed by atoms with Crippen LogP contribution < -0.4 is 5.32 Å². The zero-order chi connectivity index (χ0) is 13.9. The molecule has 1 aliphatic rings. The Kier molecular flexibility index (Phi) is 4.59. The van der Waals surface area contributed by atoms with Crippen LogP contribution in [0.3, 0.4) is 0 Å². The van der Waals surface area contributed by atoms with Crippen LogP contribution in [0.4, 0.5) is 4.79 Å². The first-order valence-corrected chi connectivity index (χ1v) is 6.41. The molecule has 1 aliphatic carbocycles. The quantitative estimate of drug-likeness (QED) is 0.796. The lowest BCUT2D eigenvalue weighted by Gasteiger charge is -2.32. The van der Waals surface area contributed by atoms with E-state index in [-0.39, 0.29) is 17.9 Å². The molecule has 3 atom stereocenters. The van der Waals surface area contributed by atoms with Gasteiger partial charge in [-0.15, -0.1) is 0 Å². The summed E-state index contributed by atoms with van der Waals surface area (Å²) in [7, 11) is 0. The molecule has 2 N–H and O–H groups in total. The number of hydrogen-bond acceptors (Lipinski definition) is 3. The standard InChI is InChI=1S/C13H23NO4/c1-8-7-9(5-6-10(8)11(15)16)14-12(17)18-13(2,3)4/h8-10H,5-7H2,1-4H3,(H,14,17)(H,15,16)/t8-,9?,10-/m0/s1. The highest BCUT2D eigenvalue weighted by Crippen LogP contribution is 2.30. The van der Waals surface area contributed by atoms with Crippen LogP contribution in [0.2, 0.25) is 0 Å². The van der Waals surface area contributed by atoms with Gasteiger partial charge in [0.15, 0.2) is 0 Å². The summed E-state index contributed by atoms with van der Waals surface area (Å²) in [6.45, 7) is 7.37. The second-order valence-electron chi connectivity index (χ2n) is 6.08. The molecule has 5 nitrogen and oxygen atoms in total. The second-order valence-corrected chi connectivity index (χ2v) is 6.08. The van der Waals surface area contributed by atoms with E-state index in [9.17, 15) is 9.59 Å². The number of carbonyl (C=O) groups excluding carboxylic acids is 1. The Morgan fingerprint density at radius 3 is 2.33 bits per heavy atom. The van der Waals surface area contributed by atoms with Gasteiger partial charge in [-0.1, -0.05) is 6.92 Å². The number of amides is 1. The number of hydrogen-bond donors (Lipinski definition) is 2. The summed E-state index contributed by atoms with van der Waals surface area (Å²) in [5.41, 5.74) is -0.506. The van der Waals surface area contributed by atoms with Crippen LogP contribution in [-0.2, 0) is 9.53 Å². The van der Waals surface area contributed by atoms with Crippen molar-refractivity contribution >= 4 is 12.1 Å². The van der Waals surface area contributed by atoms with Crippen LogP contribution in [0, 0.1) is 11.8 Å². The Bertz CT molecular complexity index is 321. The van der Waals surface area contributed by atoms with Crippen molar-refractivity contribution in [3.05, 3.63) is 0 Å². The van der Waals surface area contributed by atoms with Crippen molar-refractivity contribution in [2.75, 3.05) is 0 Å². The first-order chi connectivity index (χ1) is 8.19. The van der Waals surface area contributed by atoms with E-state index in [2.05, 4.69) is 5.32 Å². The molecule has 0 aromatic carbocycles. The Hall–Kier alpha value is -1.26. The lowest BCUT2D eigenvalue weighted by molar-refractivity contribution is -0.144. The molecule has 0 aliphatic heterocycles. The molecule has 104 valence electrons. The van der Waals surface area contributed by atoms with Crippen LogP contribution in [0.15, 0.2) is 0 Å². The lowest BCUT2D eigenvalue weighted by Crippen LogP contribution is -2.43. The molecule has 0 bridgehead atoms. The molecular formula is C13H23NO4. The van der Waals surface area contributed by atoms with E-state index in [4.69, 9.17) is 9.84 Å². The second kappa shape index (κ2) is 5.59. The average molecular weight is 257 g/mol. The number of aliphatic carboxylic acids is 1. The fourth-order valence-electron chi connectivity index (χ4n) is 2.37. The van der Waals surface area contributed by atoms with Crippen molar-refractivity contribution < 1.29 is 19.4 Å². The maximum atomic E-state index is 11.6. The monoisotopic (exact) mass is 257 g/mol. The summed E-state index contributed by atoms with van der Waals surface area (Å²) in [6, 6.07) is 0.0189. The van der Waals surface area contributed by atoms with Crippen molar-refractivity contribution in [3.63, 3.8) is 0 Å². The van der Waals surface area contributed by atoms with Crippen LogP contribution in [-0.4, -0.2) is 28.8 Å². The Morgan fingerprint density at radius 1 is 1.28 bits per heavy atom. The van der Waals surface area contributed by atoms with Crippen LogP contribution in [0.5, 0.6) is 0 Å². The molecule has 0 spiro atoms. The molecule has 0 aromatic rings. The third-order valence-corrected chi connectivity index (χ3v) is 3.21. The van der Waals surface area contributed by atoms with Crippen LogP contribution in [0.25, 0.3) is 0 Å². The van der Waals surface area contributed by atoms with E-state index in [1.54, 1.807) is 0 Å². The minimum atomic E-state index is -0.738. The predicted octanol–water partition coefficient (Wildman–Crippen LogP) is 2.40. The number of rotatable bonds is 2. The van der Waals surface area contributed by atoms with Gasteiger partial charge < -0.3 is 15.2 Å². The molecule has 0 aromatic heterocycles. The van der Waals surface area contributed by atoms with Crippen molar-refractivity contribution in [3.8, 4) is 0 Å². The minimum Gasteiger partial charge on any atom is -0.481 e. The Balaban J connectivity index is 2.43. The highest BCUT2D eigenvalue weighted by molar-refractivity contribution is 5.71. The molecule has 1 unspecified atom stereocenters. The summed E-state index contributed by atoms with van der Waals surface area (Å²) < 4.78 is 5.18. The van der Waals surface area contributed by atoms with Gasteiger partial charge in [0.25, 0.3) is 0 Å². The van der Waals surface area contributed by atoms with Crippen molar-refractivity contribution in [2.24, 2.45) is 11.8 Å². The maximum absolute atomic E-state index is 11.6. The fraction of sp³-hybridized carbons (Fsp3) is 0.846. The van der Waals surface area contributed by atoms with Crippen molar-refractivity contribution in [1.82, 2.24) is 5.32 Å². The number of ether oxygens (including phenoxy) is 1. The molecular weight excluding hydrogens is 234 g/mol. The van der Waals surface area contributed by atoms with Gasteiger partial charge in [0, 0.05) is 6.04 Å². The minimum absolute atomic E-state index is 0.0189. The number of carboxylic acids is 1. The van der Waals surface area contributed by atoms with E-state index in [1.165, 1.54) is 0 Å². The maximum Gasteiger partial charge on any atom is 0.407 e. The Morgan fingerprint density at radius 2 is 1.89 bits per heavy atom. The molecule has 0 radical (unpaired) electrons. The Labute approximate surface area is 108 Å². The molecule has 1 saturated carbocycles. The SMILES string of the molecule is C[C@H]1CC(NC(=O)OC(C)(C)C)CC[C@@H]1C(=O)O. The number of carbonyl (C=O) groups is 2. The molecule has 18 heavy (non-hydrogen) atoms.